The van der Waals surface area contributed by atoms with Gasteiger partial charge in [0.1, 0.15) is 9.84 Å². The summed E-state index contributed by atoms with van der Waals surface area (Å²) in [5, 5.41) is 3.16. The smallest absolute Gasteiger partial charge is 0.222 e. The van der Waals surface area contributed by atoms with Crippen LogP contribution in [0.1, 0.15) is 12.8 Å². The Kier molecular flexibility index (Phi) is 4.53. The summed E-state index contributed by atoms with van der Waals surface area (Å²) in [5.41, 5.74) is 0. The molecule has 1 N–H and O–H groups in total. The first kappa shape index (κ1) is 12.4. The molecule has 1 rings (SSSR count). The van der Waals surface area contributed by atoms with Gasteiger partial charge in [0.15, 0.2) is 0 Å². The Balaban J connectivity index is 2.23. The Morgan fingerprint density at radius 3 is 2.47 bits per heavy atom. The molecular formula is C9H18N2O3S. The number of nitrogens with one attached hydrogen (secondary N) is 1. The van der Waals surface area contributed by atoms with E-state index >= 15 is 0 Å². The van der Waals surface area contributed by atoms with Gasteiger partial charge in [-0.15, -0.1) is 0 Å². The number of hydrogen-bond donors (Lipinski definition) is 1. The number of rotatable bonds is 4. The number of amides is 1. The maximum Gasteiger partial charge on any atom is 0.222 e. The first-order chi connectivity index (χ1) is 6.99. The Morgan fingerprint density at radius 1 is 1.33 bits per heavy atom. The van der Waals surface area contributed by atoms with Crippen LogP contribution in [-0.4, -0.2) is 57.4 Å². The quantitative estimate of drug-likeness (QED) is 0.694. The first-order valence-corrected chi connectivity index (χ1v) is 7.21. The largest absolute Gasteiger partial charge is 0.340 e. The number of carbonyl (C=O) groups excluding carboxylic acids is 1. The fraction of sp³-hybridized carbons (Fsp3) is 0.889. The van der Waals surface area contributed by atoms with Crippen molar-refractivity contribution in [3.05, 3.63) is 0 Å². The van der Waals surface area contributed by atoms with Gasteiger partial charge < -0.3 is 10.2 Å². The van der Waals surface area contributed by atoms with Crippen molar-refractivity contribution in [2.75, 3.05) is 38.2 Å². The SMILES string of the molecule is CS(=O)(=O)CCCC(=O)N1CCNCC1. The summed E-state index contributed by atoms with van der Waals surface area (Å²) >= 11 is 0. The van der Waals surface area contributed by atoms with Crippen LogP contribution in [0.3, 0.4) is 0 Å². The van der Waals surface area contributed by atoms with Crippen molar-refractivity contribution >= 4 is 15.7 Å². The summed E-state index contributed by atoms with van der Waals surface area (Å²) in [6.45, 7) is 3.13. The van der Waals surface area contributed by atoms with E-state index in [0.717, 1.165) is 26.2 Å². The fourth-order valence-electron chi connectivity index (χ4n) is 1.56. The number of sulfone groups is 1. The zero-order valence-corrected chi connectivity index (χ0v) is 9.85. The van der Waals surface area contributed by atoms with Crippen molar-refractivity contribution in [1.29, 1.82) is 0 Å². The average molecular weight is 234 g/mol. The molecule has 1 amide bonds. The van der Waals surface area contributed by atoms with Gasteiger partial charge in [-0.3, -0.25) is 4.79 Å². The molecule has 0 aromatic carbocycles. The molecule has 15 heavy (non-hydrogen) atoms. The second-order valence-electron chi connectivity index (χ2n) is 3.86. The van der Waals surface area contributed by atoms with Gasteiger partial charge in [0.2, 0.25) is 5.91 Å². The lowest BCUT2D eigenvalue weighted by atomic mass is 10.2. The number of hydrogen-bond acceptors (Lipinski definition) is 4. The lowest BCUT2D eigenvalue weighted by molar-refractivity contribution is -0.131. The molecule has 0 aromatic rings. The van der Waals surface area contributed by atoms with Gasteiger partial charge in [-0.2, -0.15) is 0 Å². The Labute approximate surface area is 90.7 Å². The van der Waals surface area contributed by atoms with E-state index in [-0.39, 0.29) is 11.7 Å². The van der Waals surface area contributed by atoms with Crippen LogP contribution in [0.4, 0.5) is 0 Å². The highest BCUT2D eigenvalue weighted by molar-refractivity contribution is 7.90. The molecule has 88 valence electrons. The normalized spacial score (nSPS) is 17.8. The van der Waals surface area contributed by atoms with Gasteiger partial charge in [-0.05, 0) is 6.42 Å². The predicted molar refractivity (Wildman–Crippen MR) is 58.4 cm³/mol. The van der Waals surface area contributed by atoms with Crippen molar-refractivity contribution in [1.82, 2.24) is 10.2 Å². The van der Waals surface area contributed by atoms with Crippen LogP contribution >= 0.6 is 0 Å². The topological polar surface area (TPSA) is 66.5 Å². The molecule has 1 saturated heterocycles. The monoisotopic (exact) mass is 234 g/mol. The van der Waals surface area contributed by atoms with Gasteiger partial charge in [0.05, 0.1) is 5.75 Å². The molecule has 0 spiro atoms. The lowest BCUT2D eigenvalue weighted by Gasteiger charge is -2.27. The van der Waals surface area contributed by atoms with Crippen LogP contribution in [0.2, 0.25) is 0 Å². The molecule has 0 radical (unpaired) electrons. The molecule has 1 fully saturated rings. The predicted octanol–water partition coefficient (Wildman–Crippen LogP) is -0.757. The van der Waals surface area contributed by atoms with E-state index in [0.29, 0.717) is 12.8 Å². The van der Waals surface area contributed by atoms with Crippen LogP contribution in [0, 0.1) is 0 Å². The third-order valence-electron chi connectivity index (χ3n) is 2.38. The second kappa shape index (κ2) is 5.46. The minimum Gasteiger partial charge on any atom is -0.340 e. The fourth-order valence-corrected chi connectivity index (χ4v) is 2.23. The maximum absolute atomic E-state index is 11.6. The molecule has 1 heterocycles. The minimum absolute atomic E-state index is 0.0696. The van der Waals surface area contributed by atoms with Crippen LogP contribution in [0.15, 0.2) is 0 Å². The van der Waals surface area contributed by atoms with E-state index in [1.807, 2.05) is 0 Å². The van der Waals surface area contributed by atoms with E-state index in [4.69, 9.17) is 0 Å². The second-order valence-corrected chi connectivity index (χ2v) is 6.12. The van der Waals surface area contributed by atoms with Crippen molar-refractivity contribution in [2.45, 2.75) is 12.8 Å². The van der Waals surface area contributed by atoms with Crippen molar-refractivity contribution in [2.24, 2.45) is 0 Å². The van der Waals surface area contributed by atoms with E-state index in [1.165, 1.54) is 6.26 Å². The summed E-state index contributed by atoms with van der Waals surface area (Å²) in [4.78, 5) is 13.4. The third kappa shape index (κ3) is 5.13. The first-order valence-electron chi connectivity index (χ1n) is 5.15. The number of piperazine rings is 1. The van der Waals surface area contributed by atoms with Crippen molar-refractivity contribution in [3.63, 3.8) is 0 Å². The molecular weight excluding hydrogens is 216 g/mol. The Morgan fingerprint density at radius 2 is 1.93 bits per heavy atom. The highest BCUT2D eigenvalue weighted by atomic mass is 32.2. The third-order valence-corrected chi connectivity index (χ3v) is 3.41. The summed E-state index contributed by atoms with van der Waals surface area (Å²) < 4.78 is 21.7. The molecule has 0 saturated carbocycles. The molecule has 1 aliphatic heterocycles. The Hall–Kier alpha value is -0.620. The van der Waals surface area contributed by atoms with Crippen LogP contribution < -0.4 is 5.32 Å². The summed E-state index contributed by atoms with van der Waals surface area (Å²) in [6, 6.07) is 0. The maximum atomic E-state index is 11.6. The zero-order chi connectivity index (χ0) is 11.3. The Bertz CT molecular complexity index is 307. The van der Waals surface area contributed by atoms with E-state index in [1.54, 1.807) is 4.90 Å². The lowest BCUT2D eigenvalue weighted by Crippen LogP contribution is -2.46. The highest BCUT2D eigenvalue weighted by Crippen LogP contribution is 2.01. The van der Waals surface area contributed by atoms with E-state index in [9.17, 15) is 13.2 Å². The highest BCUT2D eigenvalue weighted by Gasteiger charge is 2.16. The summed E-state index contributed by atoms with van der Waals surface area (Å²) in [6.07, 6.45) is 1.97. The average Bonchev–Trinajstić information content (AvgIpc) is 2.17. The number of nitrogens with zero attached hydrogens (tertiary/aromatic N) is 1. The molecule has 5 nitrogen and oxygen atoms in total. The molecule has 0 aliphatic carbocycles. The summed E-state index contributed by atoms with van der Waals surface area (Å²) in [5.74, 6) is 0.172. The molecule has 1 aliphatic rings. The van der Waals surface area contributed by atoms with Crippen LogP contribution in [0.25, 0.3) is 0 Å². The van der Waals surface area contributed by atoms with Gasteiger partial charge >= 0.3 is 0 Å². The van der Waals surface area contributed by atoms with Gasteiger partial charge in [-0.25, -0.2) is 8.42 Å². The van der Waals surface area contributed by atoms with Crippen molar-refractivity contribution < 1.29 is 13.2 Å². The molecule has 0 unspecified atom stereocenters. The van der Waals surface area contributed by atoms with Gasteiger partial charge in [0.25, 0.3) is 0 Å². The van der Waals surface area contributed by atoms with E-state index in [2.05, 4.69) is 5.32 Å². The van der Waals surface area contributed by atoms with Crippen molar-refractivity contribution in [3.8, 4) is 0 Å². The number of carbonyl (C=O) groups is 1. The minimum atomic E-state index is -2.93. The van der Waals surface area contributed by atoms with E-state index < -0.39 is 9.84 Å². The molecule has 6 heteroatoms. The van der Waals surface area contributed by atoms with Gasteiger partial charge in [-0.1, -0.05) is 0 Å². The summed E-state index contributed by atoms with van der Waals surface area (Å²) in [7, 11) is -2.93. The van der Waals surface area contributed by atoms with Gasteiger partial charge in [0, 0.05) is 38.9 Å². The molecule has 0 bridgehead atoms. The molecule has 0 atom stereocenters. The molecule has 0 aromatic heterocycles. The van der Waals surface area contributed by atoms with Crippen LogP contribution in [0.5, 0.6) is 0 Å². The van der Waals surface area contributed by atoms with Crippen LogP contribution in [-0.2, 0) is 14.6 Å². The zero-order valence-electron chi connectivity index (χ0n) is 9.03. The standard InChI is InChI=1S/C9H18N2O3S/c1-15(13,14)8-2-3-9(12)11-6-4-10-5-7-11/h10H,2-8H2,1H3.